The monoisotopic (exact) mass is 219 g/mol. The summed E-state index contributed by atoms with van der Waals surface area (Å²) < 4.78 is 0. The van der Waals surface area contributed by atoms with Crippen LogP contribution >= 0.6 is 0 Å². The van der Waals surface area contributed by atoms with E-state index < -0.39 is 0 Å². The average Bonchev–Trinajstić information content (AvgIpc) is 2.73. The third kappa shape index (κ3) is 1.16. The van der Waals surface area contributed by atoms with E-state index in [-0.39, 0.29) is 0 Å². The molecule has 0 amide bonds. The van der Waals surface area contributed by atoms with E-state index in [1.54, 1.807) is 0 Å². The van der Waals surface area contributed by atoms with Crippen molar-refractivity contribution < 1.29 is 0 Å². The van der Waals surface area contributed by atoms with Crippen LogP contribution in [0.3, 0.4) is 0 Å². The van der Waals surface area contributed by atoms with Gasteiger partial charge in [-0.15, -0.1) is 0 Å². The Morgan fingerprint density at radius 2 is 1.82 bits per heavy atom. The first kappa shape index (κ1) is 8.70. The Morgan fingerprint density at radius 1 is 0.882 bits per heavy atom. The van der Waals surface area contributed by atoms with Crippen molar-refractivity contribution in [1.29, 1.82) is 0 Å². The van der Waals surface area contributed by atoms with Gasteiger partial charge in [-0.25, -0.2) is 4.98 Å². The number of hydrogen-bond acceptors (Lipinski definition) is 2. The lowest BCUT2D eigenvalue weighted by molar-refractivity contribution is 1.05. The summed E-state index contributed by atoms with van der Waals surface area (Å²) in [6.07, 6.45) is 3.74. The maximum Gasteiger partial charge on any atom is 0.0723 e. The zero-order valence-electron chi connectivity index (χ0n) is 9.01. The van der Waals surface area contributed by atoms with Crippen LogP contribution in [0.1, 0.15) is 0 Å². The summed E-state index contributed by atoms with van der Waals surface area (Å²) in [5.41, 5.74) is 2.09. The van der Waals surface area contributed by atoms with E-state index >= 15 is 0 Å². The summed E-state index contributed by atoms with van der Waals surface area (Å²) in [6, 6.07) is 12.5. The highest BCUT2D eigenvalue weighted by atomic mass is 15.1. The minimum Gasteiger partial charge on any atom is -0.285 e. The second-order valence-corrected chi connectivity index (χ2v) is 4.16. The van der Waals surface area contributed by atoms with E-state index in [2.05, 4.69) is 33.4 Å². The van der Waals surface area contributed by atoms with Gasteiger partial charge in [0.25, 0.3) is 0 Å². The molecule has 1 N–H and O–H groups in total. The number of para-hydroxylation sites is 1. The van der Waals surface area contributed by atoms with Crippen molar-refractivity contribution in [1.82, 2.24) is 15.2 Å². The van der Waals surface area contributed by atoms with Gasteiger partial charge in [0.2, 0.25) is 0 Å². The van der Waals surface area contributed by atoms with Gasteiger partial charge in [-0.3, -0.25) is 5.10 Å². The van der Waals surface area contributed by atoms with Gasteiger partial charge in [-0.2, -0.15) is 5.10 Å². The van der Waals surface area contributed by atoms with Crippen LogP contribution in [0.25, 0.3) is 32.6 Å². The fraction of sp³-hybridized carbons (Fsp3) is 0. The molecule has 0 aliphatic carbocycles. The van der Waals surface area contributed by atoms with E-state index in [0.717, 1.165) is 21.8 Å². The summed E-state index contributed by atoms with van der Waals surface area (Å²) in [7, 11) is 0. The van der Waals surface area contributed by atoms with E-state index in [0.29, 0.717) is 0 Å². The van der Waals surface area contributed by atoms with Gasteiger partial charge < -0.3 is 0 Å². The lowest BCUT2D eigenvalue weighted by Crippen LogP contribution is -1.80. The Balaban J connectivity index is 2.28. The molecule has 0 radical (unpaired) electrons. The number of aromatic nitrogens is 3. The maximum atomic E-state index is 4.63. The van der Waals surface area contributed by atoms with Crippen molar-refractivity contribution in [2.45, 2.75) is 0 Å². The minimum absolute atomic E-state index is 1.04. The Morgan fingerprint density at radius 3 is 2.82 bits per heavy atom. The van der Waals surface area contributed by atoms with Gasteiger partial charge in [-0.1, -0.05) is 18.2 Å². The number of hydrogen-bond donors (Lipinski definition) is 1. The third-order valence-corrected chi connectivity index (χ3v) is 3.13. The lowest BCUT2D eigenvalue weighted by atomic mass is 10.1. The van der Waals surface area contributed by atoms with Gasteiger partial charge >= 0.3 is 0 Å². The lowest BCUT2D eigenvalue weighted by Gasteiger charge is -1.96. The smallest absolute Gasteiger partial charge is 0.0723 e. The van der Waals surface area contributed by atoms with Gasteiger partial charge in [0.05, 0.1) is 17.2 Å². The number of rotatable bonds is 0. The van der Waals surface area contributed by atoms with Crippen molar-refractivity contribution in [3.05, 3.63) is 48.8 Å². The zero-order chi connectivity index (χ0) is 11.2. The molecule has 0 saturated carbocycles. The number of aromatic amines is 1. The van der Waals surface area contributed by atoms with Crippen LogP contribution in [-0.4, -0.2) is 15.2 Å². The molecule has 80 valence electrons. The number of benzene rings is 2. The first-order valence-corrected chi connectivity index (χ1v) is 5.53. The molecule has 0 saturated heterocycles. The molecule has 2 aromatic carbocycles. The van der Waals surface area contributed by atoms with Crippen LogP contribution < -0.4 is 0 Å². The second-order valence-electron chi connectivity index (χ2n) is 4.16. The Kier molecular flexibility index (Phi) is 1.56. The molecular formula is C14H9N3. The van der Waals surface area contributed by atoms with Crippen molar-refractivity contribution in [3.8, 4) is 0 Å². The third-order valence-electron chi connectivity index (χ3n) is 3.13. The highest BCUT2D eigenvalue weighted by molar-refractivity contribution is 6.11. The molecule has 0 aliphatic rings. The van der Waals surface area contributed by atoms with E-state index in [1.807, 2.05) is 30.6 Å². The molecule has 3 heteroatoms. The number of nitrogens with one attached hydrogen (secondary N) is 1. The first-order chi connectivity index (χ1) is 8.42. The fourth-order valence-corrected chi connectivity index (χ4v) is 2.31. The van der Waals surface area contributed by atoms with Crippen molar-refractivity contribution >= 4 is 32.6 Å². The van der Waals surface area contributed by atoms with Crippen molar-refractivity contribution in [2.75, 3.05) is 0 Å². The molecule has 4 rings (SSSR count). The van der Waals surface area contributed by atoms with Crippen LogP contribution in [0.15, 0.2) is 48.8 Å². The molecule has 2 heterocycles. The van der Waals surface area contributed by atoms with Gasteiger partial charge in [-0.05, 0) is 18.2 Å². The van der Waals surface area contributed by atoms with Gasteiger partial charge in [0.1, 0.15) is 0 Å². The SMILES string of the molecule is c1ccc2c(c1)nc1cc3c[nH]ncc3cc12. The predicted octanol–water partition coefficient (Wildman–Crippen LogP) is 3.26. The molecule has 0 aliphatic heterocycles. The number of fused-ring (bicyclic) bond motifs is 4. The summed E-state index contributed by atoms with van der Waals surface area (Å²) in [5.74, 6) is 0. The van der Waals surface area contributed by atoms with E-state index in [4.69, 9.17) is 0 Å². The van der Waals surface area contributed by atoms with Crippen LogP contribution in [0, 0.1) is 0 Å². The summed E-state index contributed by atoms with van der Waals surface area (Å²) in [6.45, 7) is 0. The molecule has 3 nitrogen and oxygen atoms in total. The molecule has 0 bridgehead atoms. The summed E-state index contributed by atoms with van der Waals surface area (Å²) >= 11 is 0. The van der Waals surface area contributed by atoms with Crippen LogP contribution in [0.5, 0.6) is 0 Å². The number of nitrogens with zero attached hydrogens (tertiary/aromatic N) is 2. The minimum atomic E-state index is 1.04. The van der Waals surface area contributed by atoms with Crippen LogP contribution in [-0.2, 0) is 0 Å². The molecule has 0 atom stereocenters. The summed E-state index contributed by atoms with van der Waals surface area (Å²) in [4.78, 5) is 4.63. The highest BCUT2D eigenvalue weighted by Gasteiger charge is 2.06. The quantitative estimate of drug-likeness (QED) is 0.493. The Bertz CT molecular complexity index is 840. The largest absolute Gasteiger partial charge is 0.285 e. The second kappa shape index (κ2) is 3.04. The topological polar surface area (TPSA) is 41.6 Å². The van der Waals surface area contributed by atoms with Crippen LogP contribution in [0.4, 0.5) is 0 Å². The molecule has 0 spiro atoms. The molecule has 0 unspecified atom stereocenters. The number of H-pyrrole nitrogens is 1. The molecule has 0 fully saturated rings. The Hall–Kier alpha value is -2.42. The van der Waals surface area contributed by atoms with Gasteiger partial charge in [0.15, 0.2) is 0 Å². The maximum absolute atomic E-state index is 4.63. The average molecular weight is 219 g/mol. The van der Waals surface area contributed by atoms with Crippen LogP contribution in [0.2, 0.25) is 0 Å². The van der Waals surface area contributed by atoms with E-state index in [1.165, 1.54) is 10.8 Å². The molecule has 2 aromatic heterocycles. The standard InChI is InChI=1S/C14H9N3/c1-2-4-13-11(3-1)12-5-9-7-15-16-8-10(9)6-14(12)17-13/h1-8,16H. The van der Waals surface area contributed by atoms with E-state index in [9.17, 15) is 0 Å². The Labute approximate surface area is 97.1 Å². The van der Waals surface area contributed by atoms with Gasteiger partial charge in [0, 0.05) is 27.7 Å². The highest BCUT2D eigenvalue weighted by Crippen LogP contribution is 2.28. The zero-order valence-corrected chi connectivity index (χ0v) is 9.01. The fourth-order valence-electron chi connectivity index (χ4n) is 2.31. The molecular weight excluding hydrogens is 210 g/mol. The molecule has 17 heavy (non-hydrogen) atoms. The normalized spacial score (nSPS) is 11.5. The summed E-state index contributed by atoms with van der Waals surface area (Å²) in [5, 5.41) is 11.6. The predicted molar refractivity (Wildman–Crippen MR) is 68.9 cm³/mol. The molecule has 4 aromatic rings. The first-order valence-electron chi connectivity index (χ1n) is 5.53. The van der Waals surface area contributed by atoms with Crippen molar-refractivity contribution in [3.63, 3.8) is 0 Å². The van der Waals surface area contributed by atoms with Crippen molar-refractivity contribution in [2.24, 2.45) is 0 Å².